The summed E-state index contributed by atoms with van der Waals surface area (Å²) in [7, 11) is -1.14. The Hall–Kier alpha value is -1.22. The molecular weight excluding hydrogens is 400 g/mol. The van der Waals surface area contributed by atoms with E-state index in [0.29, 0.717) is 24.1 Å². The molecule has 30 heavy (non-hydrogen) atoms. The van der Waals surface area contributed by atoms with E-state index >= 15 is 4.39 Å². The Morgan fingerprint density at radius 2 is 1.70 bits per heavy atom. The van der Waals surface area contributed by atoms with Crippen molar-refractivity contribution in [3.05, 3.63) is 29.1 Å². The number of carbonyl (C=O) groups is 1. The molecule has 0 saturated carbocycles. The van der Waals surface area contributed by atoms with Gasteiger partial charge in [0.1, 0.15) is 5.82 Å². The average Bonchev–Trinajstić information content (AvgIpc) is 2.80. The van der Waals surface area contributed by atoms with Crippen LogP contribution in [0.15, 0.2) is 12.1 Å². The molecule has 1 N–H and O–H groups in total. The smallest absolute Gasteiger partial charge is 0.416 e. The predicted octanol–water partition coefficient (Wildman–Crippen LogP) is 4.05. The molecule has 1 aliphatic heterocycles. The van der Waals surface area contributed by atoms with Crippen LogP contribution in [0.1, 0.15) is 64.4 Å². The lowest BCUT2D eigenvalue weighted by atomic mass is 9.77. The van der Waals surface area contributed by atoms with Gasteiger partial charge in [-0.25, -0.2) is 4.39 Å². The van der Waals surface area contributed by atoms with Gasteiger partial charge in [-0.05, 0) is 69.3 Å². The molecule has 1 amide bonds. The Bertz CT molecular complexity index is 789. The molecule has 1 fully saturated rings. The third kappa shape index (κ3) is 4.98. The van der Waals surface area contributed by atoms with Crippen molar-refractivity contribution in [1.82, 2.24) is 5.32 Å². The quantitative estimate of drug-likeness (QED) is 0.683. The number of benzene rings is 1. The summed E-state index contributed by atoms with van der Waals surface area (Å²) in [6.45, 7) is 19.1. The van der Waals surface area contributed by atoms with E-state index in [9.17, 15) is 4.79 Å². The summed E-state index contributed by atoms with van der Waals surface area (Å²) >= 11 is 0. The van der Waals surface area contributed by atoms with Crippen molar-refractivity contribution < 1.29 is 22.9 Å². The van der Waals surface area contributed by atoms with Crippen molar-refractivity contribution in [1.29, 1.82) is 0 Å². The van der Waals surface area contributed by atoms with Crippen LogP contribution in [0.2, 0.25) is 18.1 Å². The molecule has 1 aromatic carbocycles. The fraction of sp³-hybridized carbons (Fsp3) is 0.682. The number of amides is 1. The first-order valence-corrected chi connectivity index (χ1v) is 13.5. The highest BCUT2D eigenvalue weighted by atomic mass is 28.4. The Morgan fingerprint density at radius 3 is 2.17 bits per heavy atom. The highest BCUT2D eigenvalue weighted by Crippen LogP contribution is 2.37. The third-order valence-corrected chi connectivity index (χ3v) is 11.4. The topological polar surface area (TPSA) is 56.8 Å². The molecule has 0 aliphatic carbocycles. The zero-order chi connectivity index (χ0) is 23.1. The summed E-state index contributed by atoms with van der Waals surface area (Å²) in [6.07, 6.45) is 0.430. The van der Waals surface area contributed by atoms with E-state index in [1.807, 2.05) is 33.8 Å². The van der Waals surface area contributed by atoms with Crippen molar-refractivity contribution in [2.75, 3.05) is 13.7 Å². The van der Waals surface area contributed by atoms with Gasteiger partial charge in [0.25, 0.3) is 5.91 Å². The van der Waals surface area contributed by atoms with E-state index in [0.717, 1.165) is 0 Å². The summed E-state index contributed by atoms with van der Waals surface area (Å²) in [5.41, 5.74) is 0.161. The highest BCUT2D eigenvalue weighted by Gasteiger charge is 2.52. The van der Waals surface area contributed by atoms with Gasteiger partial charge in [-0.2, -0.15) is 0 Å². The van der Waals surface area contributed by atoms with E-state index in [1.165, 1.54) is 13.1 Å². The molecular formula is C22H37BFNO4Si. The lowest BCUT2D eigenvalue weighted by Crippen LogP contribution is -2.41. The predicted molar refractivity (Wildman–Crippen MR) is 122 cm³/mol. The average molecular weight is 437 g/mol. The molecule has 168 valence electrons. The molecule has 1 saturated heterocycles. The minimum absolute atomic E-state index is 0.0524. The van der Waals surface area contributed by atoms with Crippen molar-refractivity contribution >= 4 is 26.8 Å². The Labute approximate surface area is 182 Å². The molecule has 0 atom stereocenters. The van der Waals surface area contributed by atoms with Crippen LogP contribution < -0.4 is 10.8 Å². The van der Waals surface area contributed by atoms with Crippen LogP contribution in [-0.2, 0) is 20.2 Å². The molecule has 0 bridgehead atoms. The van der Waals surface area contributed by atoms with Crippen LogP contribution >= 0.6 is 0 Å². The van der Waals surface area contributed by atoms with Crippen molar-refractivity contribution in [2.45, 2.75) is 84.2 Å². The summed E-state index contributed by atoms with van der Waals surface area (Å²) in [5, 5.41) is 2.61. The van der Waals surface area contributed by atoms with Crippen LogP contribution in [-0.4, -0.2) is 46.2 Å². The maximum atomic E-state index is 15.0. The third-order valence-electron chi connectivity index (χ3n) is 6.81. The molecule has 1 aliphatic rings. The van der Waals surface area contributed by atoms with Gasteiger partial charge in [0.05, 0.1) is 16.8 Å². The Kier molecular flexibility index (Phi) is 6.99. The SMILES string of the molecule is CNC(=O)c1c(F)cc(B2OC(C)(C)C(C)(C)O2)cc1CCO[Si](C)(C)C(C)(C)C. The molecule has 1 heterocycles. The summed E-state index contributed by atoms with van der Waals surface area (Å²) in [4.78, 5) is 12.4. The van der Waals surface area contributed by atoms with Crippen molar-refractivity contribution in [3.63, 3.8) is 0 Å². The minimum Gasteiger partial charge on any atom is -0.416 e. The van der Waals surface area contributed by atoms with E-state index in [1.54, 1.807) is 0 Å². The van der Waals surface area contributed by atoms with E-state index in [2.05, 4.69) is 39.2 Å². The van der Waals surface area contributed by atoms with Gasteiger partial charge < -0.3 is 19.1 Å². The maximum Gasteiger partial charge on any atom is 0.494 e. The van der Waals surface area contributed by atoms with E-state index in [4.69, 9.17) is 13.7 Å². The minimum atomic E-state index is -1.95. The molecule has 0 radical (unpaired) electrons. The highest BCUT2D eigenvalue weighted by molar-refractivity contribution is 6.74. The first kappa shape index (κ1) is 25.0. The van der Waals surface area contributed by atoms with Crippen LogP contribution in [0.4, 0.5) is 4.39 Å². The lowest BCUT2D eigenvalue weighted by molar-refractivity contribution is 0.00578. The number of halogens is 1. The van der Waals surface area contributed by atoms with E-state index in [-0.39, 0.29) is 10.6 Å². The van der Waals surface area contributed by atoms with Crippen LogP contribution in [0.25, 0.3) is 0 Å². The van der Waals surface area contributed by atoms with E-state index < -0.39 is 38.4 Å². The molecule has 0 spiro atoms. The second-order valence-electron chi connectivity index (χ2n) is 10.6. The molecule has 8 heteroatoms. The molecule has 1 aromatic rings. The second-order valence-corrected chi connectivity index (χ2v) is 15.4. The Morgan fingerprint density at radius 1 is 1.17 bits per heavy atom. The van der Waals surface area contributed by atoms with Crippen molar-refractivity contribution in [3.8, 4) is 0 Å². The molecule has 0 aromatic heterocycles. The molecule has 2 rings (SSSR count). The maximum absolute atomic E-state index is 15.0. The van der Waals surface area contributed by atoms with Crippen molar-refractivity contribution in [2.24, 2.45) is 0 Å². The molecule has 5 nitrogen and oxygen atoms in total. The van der Waals surface area contributed by atoms with Gasteiger partial charge in [0, 0.05) is 13.7 Å². The number of nitrogens with one attached hydrogen (secondary N) is 1. The summed E-state index contributed by atoms with van der Waals surface area (Å²) < 4.78 is 33.4. The number of rotatable bonds is 6. The number of hydrogen-bond donors (Lipinski definition) is 1. The largest absolute Gasteiger partial charge is 0.494 e. The first-order valence-electron chi connectivity index (χ1n) is 10.6. The van der Waals surface area contributed by atoms with Gasteiger partial charge in [-0.15, -0.1) is 0 Å². The van der Waals surface area contributed by atoms with Gasteiger partial charge >= 0.3 is 7.12 Å². The van der Waals surface area contributed by atoms with Crippen LogP contribution in [0, 0.1) is 5.82 Å². The Balaban J connectivity index is 2.34. The van der Waals surface area contributed by atoms with Crippen LogP contribution in [0.5, 0.6) is 0 Å². The normalized spacial score (nSPS) is 18.6. The van der Waals surface area contributed by atoms with Gasteiger partial charge in [0.2, 0.25) is 0 Å². The fourth-order valence-electron chi connectivity index (χ4n) is 3.01. The number of carbonyl (C=O) groups excluding carboxylic acids is 1. The fourth-order valence-corrected chi connectivity index (χ4v) is 4.06. The van der Waals surface area contributed by atoms with Gasteiger partial charge in [-0.3, -0.25) is 4.79 Å². The monoisotopic (exact) mass is 437 g/mol. The first-order chi connectivity index (χ1) is 13.5. The van der Waals surface area contributed by atoms with Crippen LogP contribution in [0.3, 0.4) is 0 Å². The second kappa shape index (κ2) is 8.37. The zero-order valence-electron chi connectivity index (χ0n) is 20.2. The lowest BCUT2D eigenvalue weighted by Gasteiger charge is -2.36. The van der Waals surface area contributed by atoms with Gasteiger partial charge in [-0.1, -0.05) is 26.8 Å². The molecule has 0 unspecified atom stereocenters. The van der Waals surface area contributed by atoms with Gasteiger partial charge in [0.15, 0.2) is 8.32 Å². The zero-order valence-corrected chi connectivity index (χ0v) is 21.2. The standard InChI is InChI=1S/C22H37BFNO4Si/c1-20(2,3)30(9,10)27-12-11-15-13-16(14-17(24)18(15)19(26)25-8)23-28-21(4,5)22(6,7)29-23/h13-14H,11-12H2,1-10H3,(H,25,26). The summed E-state index contributed by atoms with van der Waals surface area (Å²) in [5.74, 6) is -1.03. The number of hydrogen-bond acceptors (Lipinski definition) is 4. The summed E-state index contributed by atoms with van der Waals surface area (Å²) in [6, 6.07) is 3.15.